The van der Waals surface area contributed by atoms with Crippen LogP contribution in [0.15, 0.2) is 24.3 Å². The van der Waals surface area contributed by atoms with Crippen LogP contribution in [0.3, 0.4) is 0 Å². The second-order valence-corrected chi connectivity index (χ2v) is 6.14. The van der Waals surface area contributed by atoms with E-state index < -0.39 is 11.4 Å². The lowest BCUT2D eigenvalue weighted by atomic mass is 9.91. The number of carbonyl (C=O) groups excluding carboxylic acids is 1. The zero-order valence-corrected chi connectivity index (χ0v) is 14.1. The topological polar surface area (TPSA) is 72.8 Å². The van der Waals surface area contributed by atoms with Gasteiger partial charge in [-0.15, -0.1) is 0 Å². The number of ether oxygens (including phenoxy) is 2. The van der Waals surface area contributed by atoms with Crippen molar-refractivity contribution in [2.75, 3.05) is 13.2 Å². The molecule has 0 heterocycles. The van der Waals surface area contributed by atoms with Gasteiger partial charge >= 0.3 is 11.9 Å². The van der Waals surface area contributed by atoms with Gasteiger partial charge in [-0.1, -0.05) is 19.1 Å². The zero-order chi connectivity index (χ0) is 17.3. The highest BCUT2D eigenvalue weighted by atomic mass is 16.5. The first kappa shape index (κ1) is 19.2. The van der Waals surface area contributed by atoms with Crippen molar-refractivity contribution in [2.45, 2.75) is 46.6 Å². The van der Waals surface area contributed by atoms with Crippen LogP contribution < -0.4 is 0 Å². The van der Waals surface area contributed by atoms with E-state index in [0.29, 0.717) is 19.8 Å². The van der Waals surface area contributed by atoms with Gasteiger partial charge < -0.3 is 14.6 Å². The van der Waals surface area contributed by atoms with Gasteiger partial charge in [-0.3, -0.25) is 4.79 Å². The highest BCUT2D eigenvalue weighted by Gasteiger charge is 2.26. The summed E-state index contributed by atoms with van der Waals surface area (Å²) in [4.78, 5) is 22.5. The van der Waals surface area contributed by atoms with Crippen molar-refractivity contribution < 1.29 is 24.2 Å². The van der Waals surface area contributed by atoms with E-state index in [1.807, 2.05) is 20.8 Å². The predicted octanol–water partition coefficient (Wildman–Crippen LogP) is 3.66. The van der Waals surface area contributed by atoms with Gasteiger partial charge in [0.2, 0.25) is 0 Å². The van der Waals surface area contributed by atoms with Crippen molar-refractivity contribution in [2.24, 2.45) is 5.41 Å². The molecule has 0 atom stereocenters. The number of carbonyl (C=O) groups is 2. The number of unbranched alkanes of at least 4 members (excludes halogenated alkanes) is 1. The summed E-state index contributed by atoms with van der Waals surface area (Å²) in [5.74, 6) is -1.09. The standard InChI is InChI=1S/C18H26O5/c1-4-18(2,3)17(21)23-12-6-5-11-22-13-14-7-9-15(10-8-14)16(19)20/h7-10H,4-6,11-13H2,1-3H3,(H,19,20). The molecule has 0 aromatic heterocycles. The molecule has 0 unspecified atom stereocenters. The molecular formula is C18H26O5. The normalized spacial score (nSPS) is 11.3. The Morgan fingerprint density at radius 1 is 1.09 bits per heavy atom. The lowest BCUT2D eigenvalue weighted by Gasteiger charge is -2.20. The number of benzene rings is 1. The molecule has 0 aliphatic rings. The monoisotopic (exact) mass is 322 g/mol. The molecular weight excluding hydrogens is 296 g/mol. The number of hydrogen-bond acceptors (Lipinski definition) is 4. The summed E-state index contributed by atoms with van der Waals surface area (Å²) in [7, 11) is 0. The number of hydrogen-bond donors (Lipinski definition) is 1. The molecule has 1 aromatic rings. The lowest BCUT2D eigenvalue weighted by molar-refractivity contribution is -0.154. The molecule has 128 valence electrons. The third-order valence-electron chi connectivity index (χ3n) is 3.82. The van der Waals surface area contributed by atoms with Gasteiger partial charge in [0, 0.05) is 6.61 Å². The average Bonchev–Trinajstić information content (AvgIpc) is 2.54. The third kappa shape index (κ3) is 6.82. The number of carboxylic acid groups (broad SMARTS) is 1. The van der Waals surface area contributed by atoms with Crippen molar-refractivity contribution in [3.05, 3.63) is 35.4 Å². The second-order valence-electron chi connectivity index (χ2n) is 6.14. The molecule has 5 heteroatoms. The Kier molecular flexibility index (Phi) is 7.75. The largest absolute Gasteiger partial charge is 0.478 e. The smallest absolute Gasteiger partial charge is 0.335 e. The molecule has 1 N–H and O–H groups in total. The summed E-state index contributed by atoms with van der Waals surface area (Å²) in [6.45, 7) is 7.18. The molecule has 5 nitrogen and oxygen atoms in total. The van der Waals surface area contributed by atoms with Crippen LogP contribution in [-0.2, 0) is 20.9 Å². The molecule has 0 saturated carbocycles. The average molecular weight is 322 g/mol. The van der Waals surface area contributed by atoms with E-state index in [1.54, 1.807) is 24.3 Å². The summed E-state index contributed by atoms with van der Waals surface area (Å²) >= 11 is 0. The summed E-state index contributed by atoms with van der Waals surface area (Å²) in [6.07, 6.45) is 2.34. The van der Waals surface area contributed by atoms with E-state index in [1.165, 1.54) is 0 Å². The van der Waals surface area contributed by atoms with E-state index in [2.05, 4.69) is 0 Å². The summed E-state index contributed by atoms with van der Waals surface area (Å²) < 4.78 is 10.8. The number of rotatable bonds is 10. The predicted molar refractivity (Wildman–Crippen MR) is 87.3 cm³/mol. The van der Waals surface area contributed by atoms with Gasteiger partial charge in [-0.25, -0.2) is 4.79 Å². The van der Waals surface area contributed by atoms with Crippen molar-refractivity contribution >= 4 is 11.9 Å². The van der Waals surface area contributed by atoms with E-state index in [0.717, 1.165) is 24.8 Å². The van der Waals surface area contributed by atoms with Crippen LogP contribution in [0.25, 0.3) is 0 Å². The van der Waals surface area contributed by atoms with E-state index in [4.69, 9.17) is 14.6 Å². The first-order valence-corrected chi connectivity index (χ1v) is 7.94. The van der Waals surface area contributed by atoms with E-state index in [-0.39, 0.29) is 11.5 Å². The molecule has 0 saturated heterocycles. The Labute approximate surface area is 137 Å². The SMILES string of the molecule is CCC(C)(C)C(=O)OCCCCOCc1ccc(C(=O)O)cc1. The fraction of sp³-hybridized carbons (Fsp3) is 0.556. The van der Waals surface area contributed by atoms with Crippen LogP contribution in [0.1, 0.15) is 56.0 Å². The summed E-state index contributed by atoms with van der Waals surface area (Å²) in [5.41, 5.74) is 0.787. The molecule has 23 heavy (non-hydrogen) atoms. The molecule has 0 amide bonds. The van der Waals surface area contributed by atoms with Crippen LogP contribution in [-0.4, -0.2) is 30.3 Å². The zero-order valence-electron chi connectivity index (χ0n) is 14.1. The quantitative estimate of drug-likeness (QED) is 0.525. The van der Waals surface area contributed by atoms with Crippen LogP contribution in [0.5, 0.6) is 0 Å². The van der Waals surface area contributed by atoms with Crippen LogP contribution >= 0.6 is 0 Å². The maximum atomic E-state index is 11.7. The van der Waals surface area contributed by atoms with Crippen LogP contribution in [0, 0.1) is 5.41 Å². The molecule has 1 aromatic carbocycles. The number of aromatic carboxylic acids is 1. The maximum Gasteiger partial charge on any atom is 0.335 e. The summed E-state index contributed by atoms with van der Waals surface area (Å²) in [6, 6.07) is 6.63. The first-order valence-electron chi connectivity index (χ1n) is 7.94. The van der Waals surface area contributed by atoms with Crippen molar-refractivity contribution in [1.82, 2.24) is 0 Å². The molecule has 0 bridgehead atoms. The number of esters is 1. The Bertz CT molecular complexity index is 505. The second kappa shape index (κ2) is 9.30. The van der Waals surface area contributed by atoms with E-state index in [9.17, 15) is 9.59 Å². The minimum Gasteiger partial charge on any atom is -0.478 e. The minimum atomic E-state index is -0.932. The lowest BCUT2D eigenvalue weighted by Crippen LogP contribution is -2.26. The van der Waals surface area contributed by atoms with Crippen molar-refractivity contribution in [3.63, 3.8) is 0 Å². The highest BCUT2D eigenvalue weighted by molar-refractivity contribution is 5.87. The van der Waals surface area contributed by atoms with Gasteiger partial charge in [-0.2, -0.15) is 0 Å². The molecule has 0 aliphatic heterocycles. The van der Waals surface area contributed by atoms with Gasteiger partial charge in [0.05, 0.1) is 24.2 Å². The molecule has 1 rings (SSSR count). The Morgan fingerprint density at radius 2 is 1.70 bits per heavy atom. The maximum absolute atomic E-state index is 11.7. The summed E-state index contributed by atoms with van der Waals surface area (Å²) in [5, 5.41) is 8.81. The first-order chi connectivity index (χ1) is 10.9. The fourth-order valence-corrected chi connectivity index (χ4v) is 1.74. The Morgan fingerprint density at radius 3 is 2.26 bits per heavy atom. The number of carboxylic acids is 1. The van der Waals surface area contributed by atoms with Crippen molar-refractivity contribution in [3.8, 4) is 0 Å². The minimum absolute atomic E-state index is 0.153. The third-order valence-corrected chi connectivity index (χ3v) is 3.82. The molecule has 0 aliphatic carbocycles. The Balaban J connectivity index is 2.12. The van der Waals surface area contributed by atoms with Gasteiger partial charge in [0.25, 0.3) is 0 Å². The van der Waals surface area contributed by atoms with Crippen LogP contribution in [0.2, 0.25) is 0 Å². The molecule has 0 radical (unpaired) electrons. The molecule has 0 spiro atoms. The fourth-order valence-electron chi connectivity index (χ4n) is 1.74. The van der Waals surface area contributed by atoms with Crippen LogP contribution in [0.4, 0.5) is 0 Å². The van der Waals surface area contributed by atoms with Crippen molar-refractivity contribution in [1.29, 1.82) is 0 Å². The van der Waals surface area contributed by atoms with E-state index >= 15 is 0 Å². The van der Waals surface area contributed by atoms with Gasteiger partial charge in [-0.05, 0) is 50.8 Å². The molecule has 0 fully saturated rings. The van der Waals surface area contributed by atoms with Gasteiger partial charge in [0.15, 0.2) is 0 Å². The Hall–Kier alpha value is -1.88. The highest BCUT2D eigenvalue weighted by Crippen LogP contribution is 2.21. The van der Waals surface area contributed by atoms with Gasteiger partial charge in [0.1, 0.15) is 0 Å².